The normalized spacial score (nSPS) is 24.7. The predicted octanol–water partition coefficient (Wildman–Crippen LogP) is 4.00. The van der Waals surface area contributed by atoms with Crippen molar-refractivity contribution >= 4 is 5.69 Å². The molecule has 1 fully saturated rings. The highest BCUT2D eigenvalue weighted by molar-refractivity contribution is 5.61. The van der Waals surface area contributed by atoms with Gasteiger partial charge in [-0.2, -0.15) is 0 Å². The van der Waals surface area contributed by atoms with E-state index in [4.69, 9.17) is 33.2 Å². The second kappa shape index (κ2) is 18.0. The van der Waals surface area contributed by atoms with Gasteiger partial charge in [0.05, 0.1) is 63.6 Å². The topological polar surface area (TPSA) is 79.9 Å². The van der Waals surface area contributed by atoms with Crippen LogP contribution in [-0.2, 0) is 35.0 Å². The molecule has 0 bridgehead atoms. The van der Waals surface area contributed by atoms with E-state index < -0.39 is 0 Å². The van der Waals surface area contributed by atoms with Crippen LogP contribution in [0.2, 0.25) is 0 Å². The second-order valence-corrected chi connectivity index (χ2v) is 11.3. The molecule has 9 nitrogen and oxygen atoms in total. The zero-order valence-corrected chi connectivity index (χ0v) is 26.1. The summed E-state index contributed by atoms with van der Waals surface area (Å²) in [6.45, 7) is 12.6. The van der Waals surface area contributed by atoms with Crippen LogP contribution in [0.15, 0.2) is 42.0 Å². The van der Waals surface area contributed by atoms with E-state index >= 15 is 0 Å². The molecule has 1 aromatic carbocycles. The Morgan fingerprint density at radius 3 is 2.67 bits per heavy atom. The maximum atomic E-state index is 6.70. The minimum Gasteiger partial charge on any atom is -0.490 e. The number of ether oxygens (including phenoxy) is 7. The first-order valence-corrected chi connectivity index (χ1v) is 15.6. The van der Waals surface area contributed by atoms with Gasteiger partial charge in [0, 0.05) is 58.9 Å². The Kier molecular flexibility index (Phi) is 14.1. The van der Waals surface area contributed by atoms with Crippen LogP contribution < -0.4 is 15.0 Å². The molecular weight excluding hydrogens is 536 g/mol. The van der Waals surface area contributed by atoms with Gasteiger partial charge < -0.3 is 43.4 Å². The Morgan fingerprint density at radius 1 is 1.07 bits per heavy atom. The Morgan fingerprint density at radius 2 is 1.90 bits per heavy atom. The zero-order valence-electron chi connectivity index (χ0n) is 26.1. The average Bonchev–Trinajstić information content (AvgIpc) is 3.02. The van der Waals surface area contributed by atoms with Gasteiger partial charge in [-0.25, -0.2) is 0 Å². The van der Waals surface area contributed by atoms with Crippen molar-refractivity contribution in [2.75, 3.05) is 91.5 Å². The van der Waals surface area contributed by atoms with Crippen molar-refractivity contribution in [3.05, 3.63) is 47.6 Å². The molecule has 2 aliphatic heterocycles. The van der Waals surface area contributed by atoms with Gasteiger partial charge in [-0.3, -0.25) is 0 Å². The van der Waals surface area contributed by atoms with E-state index in [1.807, 2.05) is 6.92 Å². The van der Waals surface area contributed by atoms with Crippen LogP contribution >= 0.6 is 0 Å². The summed E-state index contributed by atoms with van der Waals surface area (Å²) >= 11 is 0. The fraction of sp³-hybridized carbons (Fsp3) is 0.697. The first-order chi connectivity index (χ1) is 20.6. The molecular formula is C33H52N2O7. The van der Waals surface area contributed by atoms with E-state index in [0.717, 1.165) is 62.6 Å². The lowest BCUT2D eigenvalue weighted by Crippen LogP contribution is -2.53. The van der Waals surface area contributed by atoms with Crippen molar-refractivity contribution in [2.24, 2.45) is 11.8 Å². The summed E-state index contributed by atoms with van der Waals surface area (Å²) in [7, 11) is 3.45. The summed E-state index contributed by atoms with van der Waals surface area (Å²) < 4.78 is 41.0. The number of anilines is 1. The molecule has 0 spiro atoms. The van der Waals surface area contributed by atoms with Crippen LogP contribution in [0.4, 0.5) is 5.69 Å². The molecule has 0 amide bonds. The Hall–Kier alpha value is -1.98. The number of piperidine rings is 1. The molecule has 0 radical (unpaired) electrons. The molecule has 1 aliphatic carbocycles. The second-order valence-electron chi connectivity index (χ2n) is 11.3. The molecule has 0 saturated carbocycles. The van der Waals surface area contributed by atoms with Crippen molar-refractivity contribution in [1.82, 2.24) is 5.32 Å². The van der Waals surface area contributed by atoms with Gasteiger partial charge in [-0.15, -0.1) is 0 Å². The molecule has 0 aromatic heterocycles. The van der Waals surface area contributed by atoms with Crippen LogP contribution in [0.3, 0.4) is 0 Å². The quantitative estimate of drug-likeness (QED) is 0.256. The average molecular weight is 589 g/mol. The van der Waals surface area contributed by atoms with E-state index in [1.54, 1.807) is 14.2 Å². The lowest BCUT2D eigenvalue weighted by Gasteiger charge is -2.40. The first-order valence-electron chi connectivity index (χ1n) is 15.6. The molecule has 1 saturated heterocycles. The number of methoxy groups -OCH3 is 2. The van der Waals surface area contributed by atoms with E-state index in [9.17, 15) is 0 Å². The maximum absolute atomic E-state index is 6.70. The molecule has 236 valence electrons. The van der Waals surface area contributed by atoms with Crippen LogP contribution in [-0.4, -0.2) is 105 Å². The number of nitrogens with one attached hydrogen (secondary N) is 1. The van der Waals surface area contributed by atoms with Gasteiger partial charge in [-0.05, 0) is 50.0 Å². The minimum atomic E-state index is -0.0263. The molecule has 3 aliphatic rings. The Bertz CT molecular complexity index is 987. The van der Waals surface area contributed by atoms with Crippen molar-refractivity contribution in [1.29, 1.82) is 0 Å². The maximum Gasteiger partial charge on any atom is 0.142 e. The highest BCUT2D eigenvalue weighted by Crippen LogP contribution is 2.35. The summed E-state index contributed by atoms with van der Waals surface area (Å²) in [6.07, 6.45) is 8.84. The molecule has 1 aromatic rings. The number of benzene rings is 1. The van der Waals surface area contributed by atoms with Gasteiger partial charge >= 0.3 is 0 Å². The fourth-order valence-electron chi connectivity index (χ4n) is 5.88. The largest absolute Gasteiger partial charge is 0.490 e. The molecule has 1 N–H and O–H groups in total. The third-order valence-corrected chi connectivity index (χ3v) is 8.08. The van der Waals surface area contributed by atoms with E-state index in [-0.39, 0.29) is 24.2 Å². The summed E-state index contributed by atoms with van der Waals surface area (Å²) in [5, 5.41) is 3.57. The van der Waals surface area contributed by atoms with Gasteiger partial charge in [0.25, 0.3) is 0 Å². The molecule has 2 heterocycles. The monoisotopic (exact) mass is 588 g/mol. The number of hydrogen-bond acceptors (Lipinski definition) is 9. The Labute approximate surface area is 252 Å². The lowest BCUT2D eigenvalue weighted by atomic mass is 9.81. The van der Waals surface area contributed by atoms with Gasteiger partial charge in [0.15, 0.2) is 0 Å². The van der Waals surface area contributed by atoms with E-state index in [0.29, 0.717) is 52.2 Å². The fourth-order valence-corrected chi connectivity index (χ4v) is 5.88. The number of fused-ring (bicyclic) bond motifs is 1. The molecule has 5 atom stereocenters. The number of allylic oxidation sites excluding steroid dienone is 2. The number of hydrogen-bond donors (Lipinski definition) is 1. The molecule has 42 heavy (non-hydrogen) atoms. The standard InChI is InChI=1S/C33H52N2O7/c1-5-39-25(2)22-41-31-20-34-21-32(33(31)28-10-7-26(8-11-28)23-38-18-17-37-4)42-24-27-9-12-30-29(19-27)35(14-16-40-30)13-6-15-36-3/h7,9-12,19,25-26,31-34H,5-6,8,13-18,20-24H2,1-4H3/t25-,26?,31-,32+,33+/m1/s1. The van der Waals surface area contributed by atoms with Crippen LogP contribution in [0.1, 0.15) is 32.3 Å². The zero-order chi connectivity index (χ0) is 29.6. The van der Waals surface area contributed by atoms with Gasteiger partial charge in [-0.1, -0.05) is 24.3 Å². The SMILES string of the molecule is CCO[C@H](C)CO[C@@H]1CNC[C@H](OCc2ccc3c(c2)N(CCCOC)CCO3)[C@H]1C1=CCC(COCCOC)C=C1. The Balaban J connectivity index is 1.43. The van der Waals surface area contributed by atoms with Crippen LogP contribution in [0, 0.1) is 11.8 Å². The molecule has 9 heteroatoms. The summed E-state index contributed by atoms with van der Waals surface area (Å²) in [5.74, 6) is 1.43. The minimum absolute atomic E-state index is 0.00901. The lowest BCUT2D eigenvalue weighted by molar-refractivity contribution is -0.0957. The van der Waals surface area contributed by atoms with Crippen molar-refractivity contribution in [2.45, 2.75) is 51.6 Å². The van der Waals surface area contributed by atoms with Crippen molar-refractivity contribution in [3.8, 4) is 5.75 Å². The number of rotatable bonds is 18. The summed E-state index contributed by atoms with van der Waals surface area (Å²) in [6, 6.07) is 6.42. The first kappa shape index (κ1) is 32.9. The molecule has 4 rings (SSSR count). The van der Waals surface area contributed by atoms with E-state index in [1.165, 1.54) is 5.57 Å². The van der Waals surface area contributed by atoms with Gasteiger partial charge in [0.1, 0.15) is 12.4 Å². The summed E-state index contributed by atoms with van der Waals surface area (Å²) in [4.78, 5) is 2.39. The summed E-state index contributed by atoms with van der Waals surface area (Å²) in [5.41, 5.74) is 3.57. The molecule has 1 unspecified atom stereocenters. The van der Waals surface area contributed by atoms with Gasteiger partial charge in [0.2, 0.25) is 0 Å². The third-order valence-electron chi connectivity index (χ3n) is 8.08. The van der Waals surface area contributed by atoms with Crippen molar-refractivity contribution in [3.63, 3.8) is 0 Å². The highest BCUT2D eigenvalue weighted by Gasteiger charge is 2.37. The van der Waals surface area contributed by atoms with Crippen LogP contribution in [0.25, 0.3) is 0 Å². The third kappa shape index (κ3) is 9.77. The van der Waals surface area contributed by atoms with Crippen molar-refractivity contribution < 1.29 is 33.2 Å². The number of nitrogens with zero attached hydrogens (tertiary/aromatic N) is 1. The smallest absolute Gasteiger partial charge is 0.142 e. The highest BCUT2D eigenvalue weighted by atomic mass is 16.5. The van der Waals surface area contributed by atoms with Crippen LogP contribution in [0.5, 0.6) is 5.75 Å². The predicted molar refractivity (Wildman–Crippen MR) is 164 cm³/mol. The van der Waals surface area contributed by atoms with E-state index in [2.05, 4.69) is 53.6 Å².